The van der Waals surface area contributed by atoms with Crippen molar-refractivity contribution < 1.29 is 5.11 Å². The number of hydrogen-bond donors (Lipinski definition) is 1. The topological polar surface area (TPSA) is 20.2 Å². The van der Waals surface area contributed by atoms with E-state index in [0.29, 0.717) is 17.8 Å². The summed E-state index contributed by atoms with van der Waals surface area (Å²) in [4.78, 5) is 0. The first-order chi connectivity index (χ1) is 5.73. The van der Waals surface area contributed by atoms with E-state index in [1.807, 2.05) is 13.8 Å². The molecule has 0 saturated carbocycles. The Bertz CT molecular complexity index is 121. The lowest BCUT2D eigenvalue weighted by Gasteiger charge is -2.32. The molecule has 0 saturated heterocycles. The highest BCUT2D eigenvalue weighted by Crippen LogP contribution is 2.29. The first-order valence-electron chi connectivity index (χ1n) is 5.45. The summed E-state index contributed by atoms with van der Waals surface area (Å²) in [5.74, 6) is 1.79. The number of aliphatic hydroxyl groups is 1. The zero-order valence-electron chi connectivity index (χ0n) is 10.1. The van der Waals surface area contributed by atoms with Crippen molar-refractivity contribution >= 4 is 0 Å². The molecule has 13 heavy (non-hydrogen) atoms. The Labute approximate surface area is 83.5 Å². The predicted octanol–water partition coefficient (Wildman–Crippen LogP) is 3.47. The third kappa shape index (κ3) is 6.09. The maximum atomic E-state index is 9.98. The van der Waals surface area contributed by atoms with Gasteiger partial charge in [0, 0.05) is 0 Å². The molecule has 0 aliphatic carbocycles. The van der Waals surface area contributed by atoms with E-state index in [4.69, 9.17) is 0 Å². The van der Waals surface area contributed by atoms with Gasteiger partial charge in [0.25, 0.3) is 0 Å². The lowest BCUT2D eigenvalue weighted by atomic mass is 9.79. The molecule has 80 valence electrons. The van der Waals surface area contributed by atoms with Crippen LogP contribution in [0, 0.1) is 17.8 Å². The van der Waals surface area contributed by atoms with Crippen LogP contribution in [-0.2, 0) is 0 Å². The SMILES string of the molecule is CC(C)CC(CC(C)C)C(C)(C)O. The molecule has 0 aromatic heterocycles. The van der Waals surface area contributed by atoms with Crippen LogP contribution in [0.4, 0.5) is 0 Å². The van der Waals surface area contributed by atoms with Crippen LogP contribution in [0.1, 0.15) is 54.4 Å². The third-order valence-electron chi connectivity index (χ3n) is 2.51. The highest BCUT2D eigenvalue weighted by atomic mass is 16.3. The molecule has 1 N–H and O–H groups in total. The monoisotopic (exact) mass is 186 g/mol. The molecule has 0 atom stereocenters. The van der Waals surface area contributed by atoms with Crippen molar-refractivity contribution in [1.29, 1.82) is 0 Å². The molecule has 0 aliphatic rings. The van der Waals surface area contributed by atoms with Gasteiger partial charge in [0.15, 0.2) is 0 Å². The van der Waals surface area contributed by atoms with E-state index in [2.05, 4.69) is 27.7 Å². The Morgan fingerprint density at radius 1 is 0.923 bits per heavy atom. The lowest BCUT2D eigenvalue weighted by molar-refractivity contribution is -0.00120. The molecule has 0 spiro atoms. The van der Waals surface area contributed by atoms with E-state index in [1.54, 1.807) is 0 Å². The standard InChI is InChI=1S/C12H26O/c1-9(2)7-11(8-10(3)4)12(5,6)13/h9-11,13H,7-8H2,1-6H3. The van der Waals surface area contributed by atoms with E-state index in [0.717, 1.165) is 12.8 Å². The fourth-order valence-corrected chi connectivity index (χ4v) is 1.81. The molecule has 0 fully saturated rings. The predicted molar refractivity (Wildman–Crippen MR) is 58.7 cm³/mol. The van der Waals surface area contributed by atoms with Crippen LogP contribution in [0.3, 0.4) is 0 Å². The maximum absolute atomic E-state index is 9.98. The van der Waals surface area contributed by atoms with Gasteiger partial charge in [0.2, 0.25) is 0 Å². The van der Waals surface area contributed by atoms with Crippen LogP contribution in [0.5, 0.6) is 0 Å². The number of rotatable bonds is 5. The second-order valence-electron chi connectivity index (χ2n) is 5.61. The Hall–Kier alpha value is -0.0400. The van der Waals surface area contributed by atoms with Crippen LogP contribution in [0.2, 0.25) is 0 Å². The minimum absolute atomic E-state index is 0.437. The van der Waals surface area contributed by atoms with Gasteiger partial charge in [0.1, 0.15) is 0 Å². The Balaban J connectivity index is 4.20. The summed E-state index contributed by atoms with van der Waals surface area (Å²) in [7, 11) is 0. The zero-order valence-corrected chi connectivity index (χ0v) is 10.1. The summed E-state index contributed by atoms with van der Waals surface area (Å²) < 4.78 is 0. The molecule has 1 nitrogen and oxygen atoms in total. The molecule has 0 aliphatic heterocycles. The van der Waals surface area contributed by atoms with E-state index >= 15 is 0 Å². The van der Waals surface area contributed by atoms with Crippen molar-refractivity contribution in [3.05, 3.63) is 0 Å². The average Bonchev–Trinajstić information content (AvgIpc) is 1.81. The molecule has 0 aromatic carbocycles. The van der Waals surface area contributed by atoms with Crippen molar-refractivity contribution in [1.82, 2.24) is 0 Å². The van der Waals surface area contributed by atoms with Gasteiger partial charge in [0.05, 0.1) is 5.60 Å². The zero-order chi connectivity index (χ0) is 10.6. The third-order valence-corrected chi connectivity index (χ3v) is 2.51. The second-order valence-corrected chi connectivity index (χ2v) is 5.61. The van der Waals surface area contributed by atoms with Crippen LogP contribution >= 0.6 is 0 Å². The van der Waals surface area contributed by atoms with Crippen LogP contribution in [0.25, 0.3) is 0 Å². The van der Waals surface area contributed by atoms with Gasteiger partial charge in [-0.15, -0.1) is 0 Å². The molecule has 0 radical (unpaired) electrons. The maximum Gasteiger partial charge on any atom is 0.0620 e. The van der Waals surface area contributed by atoms with E-state index in [-0.39, 0.29) is 0 Å². The Morgan fingerprint density at radius 3 is 1.38 bits per heavy atom. The van der Waals surface area contributed by atoms with Crippen molar-refractivity contribution in [3.8, 4) is 0 Å². The first kappa shape index (κ1) is 13.0. The van der Waals surface area contributed by atoms with Gasteiger partial charge in [-0.25, -0.2) is 0 Å². The van der Waals surface area contributed by atoms with Gasteiger partial charge in [-0.1, -0.05) is 27.7 Å². The summed E-state index contributed by atoms with van der Waals surface area (Å²) in [6, 6.07) is 0. The Kier molecular flexibility index (Phi) is 4.98. The fraction of sp³-hybridized carbons (Fsp3) is 1.00. The minimum Gasteiger partial charge on any atom is -0.390 e. The summed E-state index contributed by atoms with van der Waals surface area (Å²) >= 11 is 0. The summed E-state index contributed by atoms with van der Waals surface area (Å²) in [6.45, 7) is 12.8. The first-order valence-corrected chi connectivity index (χ1v) is 5.45. The summed E-state index contributed by atoms with van der Waals surface area (Å²) in [6.07, 6.45) is 2.25. The van der Waals surface area contributed by atoms with Crippen molar-refractivity contribution in [3.63, 3.8) is 0 Å². The van der Waals surface area contributed by atoms with E-state index in [9.17, 15) is 5.11 Å². The summed E-state index contributed by atoms with van der Waals surface area (Å²) in [5.41, 5.74) is -0.519. The van der Waals surface area contributed by atoms with Crippen LogP contribution in [-0.4, -0.2) is 10.7 Å². The fourth-order valence-electron chi connectivity index (χ4n) is 1.81. The molecule has 0 unspecified atom stereocenters. The van der Waals surface area contributed by atoms with Crippen molar-refractivity contribution in [2.45, 2.75) is 60.0 Å². The molecule has 0 rings (SSSR count). The molecule has 0 amide bonds. The molecular formula is C12H26O. The van der Waals surface area contributed by atoms with Gasteiger partial charge in [-0.3, -0.25) is 0 Å². The quantitative estimate of drug-likeness (QED) is 0.697. The average molecular weight is 186 g/mol. The minimum atomic E-state index is -0.519. The number of hydrogen-bond acceptors (Lipinski definition) is 1. The van der Waals surface area contributed by atoms with Crippen LogP contribution < -0.4 is 0 Å². The highest BCUT2D eigenvalue weighted by molar-refractivity contribution is 4.79. The van der Waals surface area contributed by atoms with Gasteiger partial charge in [-0.05, 0) is 44.4 Å². The Morgan fingerprint density at radius 2 is 1.23 bits per heavy atom. The second kappa shape index (κ2) is 4.99. The molecule has 0 bridgehead atoms. The van der Waals surface area contributed by atoms with Crippen LogP contribution in [0.15, 0.2) is 0 Å². The van der Waals surface area contributed by atoms with Gasteiger partial charge < -0.3 is 5.11 Å². The largest absolute Gasteiger partial charge is 0.390 e. The smallest absolute Gasteiger partial charge is 0.0620 e. The van der Waals surface area contributed by atoms with Gasteiger partial charge >= 0.3 is 0 Å². The normalized spacial score (nSPS) is 13.4. The van der Waals surface area contributed by atoms with E-state index < -0.39 is 5.60 Å². The highest BCUT2D eigenvalue weighted by Gasteiger charge is 2.27. The van der Waals surface area contributed by atoms with Crippen molar-refractivity contribution in [2.75, 3.05) is 0 Å². The molecule has 1 heteroatoms. The molecule has 0 heterocycles. The van der Waals surface area contributed by atoms with E-state index in [1.165, 1.54) is 0 Å². The molecular weight excluding hydrogens is 160 g/mol. The molecule has 0 aromatic rings. The summed E-state index contributed by atoms with van der Waals surface area (Å²) in [5, 5.41) is 9.98. The lowest BCUT2D eigenvalue weighted by Crippen LogP contribution is -2.32. The van der Waals surface area contributed by atoms with Gasteiger partial charge in [-0.2, -0.15) is 0 Å². The van der Waals surface area contributed by atoms with Crippen molar-refractivity contribution in [2.24, 2.45) is 17.8 Å².